The fourth-order valence-electron chi connectivity index (χ4n) is 2.45. The second-order valence-corrected chi connectivity index (χ2v) is 5.06. The van der Waals surface area contributed by atoms with Crippen LogP contribution >= 0.6 is 0 Å². The van der Waals surface area contributed by atoms with E-state index in [1.165, 1.54) is 25.9 Å². The van der Waals surface area contributed by atoms with E-state index >= 15 is 0 Å². The van der Waals surface area contributed by atoms with E-state index in [1.54, 1.807) is 0 Å². The topological polar surface area (TPSA) is 54.2 Å². The molecule has 1 N–H and O–H groups in total. The maximum atomic E-state index is 4.95. The summed E-state index contributed by atoms with van der Waals surface area (Å²) < 4.78 is 4.95. The molecule has 96 valence electrons. The Balaban J connectivity index is 1.78. The van der Waals surface area contributed by atoms with E-state index in [0.717, 1.165) is 11.7 Å². The van der Waals surface area contributed by atoms with Gasteiger partial charge in [-0.2, -0.15) is 4.98 Å². The molecule has 17 heavy (non-hydrogen) atoms. The van der Waals surface area contributed by atoms with Gasteiger partial charge in [0.1, 0.15) is 0 Å². The van der Waals surface area contributed by atoms with Gasteiger partial charge in [0.25, 0.3) is 0 Å². The molecule has 0 aliphatic carbocycles. The van der Waals surface area contributed by atoms with Gasteiger partial charge in [-0.3, -0.25) is 0 Å². The molecular formula is C12H22N4O. The number of piperidine rings is 1. The van der Waals surface area contributed by atoms with Crippen LogP contribution in [-0.4, -0.2) is 41.2 Å². The maximum absolute atomic E-state index is 4.95. The molecule has 1 saturated heterocycles. The first kappa shape index (κ1) is 12.5. The summed E-state index contributed by atoms with van der Waals surface area (Å²) in [4.78, 5) is 6.60. The van der Waals surface area contributed by atoms with Gasteiger partial charge in [-0.1, -0.05) is 5.16 Å². The fourth-order valence-corrected chi connectivity index (χ4v) is 2.45. The minimum atomic E-state index is 0.497. The molecule has 1 aliphatic heterocycles. The summed E-state index contributed by atoms with van der Waals surface area (Å²) in [6.45, 7) is 7.16. The van der Waals surface area contributed by atoms with Crippen LogP contribution in [0.25, 0.3) is 0 Å². The van der Waals surface area contributed by atoms with Crippen molar-refractivity contribution in [1.29, 1.82) is 0 Å². The van der Waals surface area contributed by atoms with Crippen molar-refractivity contribution in [2.24, 2.45) is 5.92 Å². The third-order valence-corrected chi connectivity index (χ3v) is 3.52. The van der Waals surface area contributed by atoms with Crippen molar-refractivity contribution >= 4 is 0 Å². The van der Waals surface area contributed by atoms with E-state index < -0.39 is 0 Å². The van der Waals surface area contributed by atoms with Crippen molar-refractivity contribution in [1.82, 2.24) is 20.4 Å². The van der Waals surface area contributed by atoms with Gasteiger partial charge < -0.3 is 14.7 Å². The largest absolute Gasteiger partial charge is 0.340 e. The molecule has 0 amide bonds. The van der Waals surface area contributed by atoms with Crippen molar-refractivity contribution in [2.75, 3.05) is 20.1 Å². The Morgan fingerprint density at radius 1 is 1.59 bits per heavy atom. The van der Waals surface area contributed by atoms with Gasteiger partial charge in [0, 0.05) is 19.5 Å². The third kappa shape index (κ3) is 3.51. The predicted octanol–water partition coefficient (Wildman–Crippen LogP) is 1.20. The number of nitrogens with zero attached hydrogens (tertiary/aromatic N) is 3. The Morgan fingerprint density at radius 3 is 3.06 bits per heavy atom. The first-order valence-electron chi connectivity index (χ1n) is 6.36. The normalized spacial score (nSPS) is 23.8. The Bertz CT molecular complexity index is 352. The molecule has 1 aromatic rings. The van der Waals surface area contributed by atoms with Gasteiger partial charge in [0.15, 0.2) is 5.82 Å². The molecule has 0 aromatic carbocycles. The lowest BCUT2D eigenvalue weighted by Crippen LogP contribution is -2.42. The molecule has 0 radical (unpaired) electrons. The van der Waals surface area contributed by atoms with Crippen LogP contribution in [0.3, 0.4) is 0 Å². The van der Waals surface area contributed by atoms with Crippen LogP contribution in [0.1, 0.15) is 31.5 Å². The SMILES string of the molecule is Cc1nc(CNC(C)C2CCCN(C)C2)no1. The Hall–Kier alpha value is -0.940. The Morgan fingerprint density at radius 2 is 2.41 bits per heavy atom. The van der Waals surface area contributed by atoms with Crippen LogP contribution in [0.15, 0.2) is 4.52 Å². The summed E-state index contributed by atoms with van der Waals surface area (Å²) in [5.74, 6) is 2.10. The molecular weight excluding hydrogens is 216 g/mol. The molecule has 2 unspecified atom stereocenters. The quantitative estimate of drug-likeness (QED) is 0.854. The lowest BCUT2D eigenvalue weighted by molar-refractivity contribution is 0.178. The van der Waals surface area contributed by atoms with E-state index in [-0.39, 0.29) is 0 Å². The summed E-state index contributed by atoms with van der Waals surface area (Å²) in [6.07, 6.45) is 2.61. The van der Waals surface area contributed by atoms with E-state index in [1.807, 2.05) is 6.92 Å². The first-order valence-corrected chi connectivity index (χ1v) is 6.36. The lowest BCUT2D eigenvalue weighted by Gasteiger charge is -2.33. The van der Waals surface area contributed by atoms with Crippen LogP contribution in [0, 0.1) is 12.8 Å². The fraction of sp³-hybridized carbons (Fsp3) is 0.833. The predicted molar refractivity (Wildman–Crippen MR) is 65.6 cm³/mol. The second kappa shape index (κ2) is 5.60. The molecule has 5 nitrogen and oxygen atoms in total. The van der Waals surface area contributed by atoms with E-state index in [4.69, 9.17) is 4.52 Å². The number of nitrogens with one attached hydrogen (secondary N) is 1. The van der Waals surface area contributed by atoms with E-state index in [2.05, 4.69) is 34.3 Å². The minimum Gasteiger partial charge on any atom is -0.340 e. The van der Waals surface area contributed by atoms with Crippen LogP contribution < -0.4 is 5.32 Å². The van der Waals surface area contributed by atoms with Crippen LogP contribution in [-0.2, 0) is 6.54 Å². The van der Waals surface area contributed by atoms with Crippen molar-refractivity contribution in [3.63, 3.8) is 0 Å². The second-order valence-electron chi connectivity index (χ2n) is 5.06. The monoisotopic (exact) mass is 238 g/mol. The summed E-state index contributed by atoms with van der Waals surface area (Å²) in [5, 5.41) is 7.38. The summed E-state index contributed by atoms with van der Waals surface area (Å²) in [7, 11) is 2.20. The number of hydrogen-bond acceptors (Lipinski definition) is 5. The molecule has 2 heterocycles. The van der Waals surface area contributed by atoms with Gasteiger partial charge in [-0.05, 0) is 39.3 Å². The number of hydrogen-bond donors (Lipinski definition) is 1. The smallest absolute Gasteiger partial charge is 0.223 e. The molecule has 0 saturated carbocycles. The summed E-state index contributed by atoms with van der Waals surface area (Å²) in [6, 6.07) is 0.497. The van der Waals surface area contributed by atoms with E-state index in [9.17, 15) is 0 Å². The molecule has 1 aliphatic rings. The summed E-state index contributed by atoms with van der Waals surface area (Å²) in [5.41, 5.74) is 0. The molecule has 5 heteroatoms. The van der Waals surface area contributed by atoms with Crippen molar-refractivity contribution in [3.05, 3.63) is 11.7 Å². The maximum Gasteiger partial charge on any atom is 0.223 e. The average molecular weight is 238 g/mol. The highest BCUT2D eigenvalue weighted by atomic mass is 16.5. The number of likely N-dealkylation sites (tertiary alicyclic amines) is 1. The van der Waals surface area contributed by atoms with Crippen LogP contribution in [0.2, 0.25) is 0 Å². The zero-order valence-corrected chi connectivity index (χ0v) is 10.9. The molecule has 0 bridgehead atoms. The molecule has 2 atom stereocenters. The highest BCUT2D eigenvalue weighted by molar-refractivity contribution is 4.86. The van der Waals surface area contributed by atoms with Crippen molar-refractivity contribution in [3.8, 4) is 0 Å². The van der Waals surface area contributed by atoms with E-state index in [0.29, 0.717) is 18.5 Å². The Labute approximate surface area is 103 Å². The van der Waals surface area contributed by atoms with Gasteiger partial charge in [-0.25, -0.2) is 0 Å². The minimum absolute atomic E-state index is 0.497. The lowest BCUT2D eigenvalue weighted by atomic mass is 9.92. The number of aromatic nitrogens is 2. The van der Waals surface area contributed by atoms with Crippen LogP contribution in [0.5, 0.6) is 0 Å². The van der Waals surface area contributed by atoms with Gasteiger partial charge in [0.05, 0.1) is 6.54 Å². The Kier molecular flexibility index (Phi) is 4.12. The highest BCUT2D eigenvalue weighted by Gasteiger charge is 2.22. The van der Waals surface area contributed by atoms with Gasteiger partial charge >= 0.3 is 0 Å². The third-order valence-electron chi connectivity index (χ3n) is 3.52. The standard InChI is InChI=1S/C12H22N4O/c1-9(11-5-4-6-16(3)8-11)13-7-12-14-10(2)17-15-12/h9,11,13H,4-8H2,1-3H3. The highest BCUT2D eigenvalue weighted by Crippen LogP contribution is 2.18. The zero-order chi connectivity index (χ0) is 12.3. The van der Waals surface area contributed by atoms with Crippen molar-refractivity contribution in [2.45, 2.75) is 39.3 Å². The first-order chi connectivity index (χ1) is 8.15. The van der Waals surface area contributed by atoms with Gasteiger partial charge in [0.2, 0.25) is 5.89 Å². The van der Waals surface area contributed by atoms with Crippen LogP contribution in [0.4, 0.5) is 0 Å². The van der Waals surface area contributed by atoms with Crippen molar-refractivity contribution < 1.29 is 4.52 Å². The van der Waals surface area contributed by atoms with Gasteiger partial charge in [-0.15, -0.1) is 0 Å². The molecule has 0 spiro atoms. The number of aryl methyl sites for hydroxylation is 1. The molecule has 1 aromatic heterocycles. The zero-order valence-electron chi connectivity index (χ0n) is 10.9. The molecule has 2 rings (SSSR count). The molecule has 1 fully saturated rings. The number of rotatable bonds is 4. The summed E-state index contributed by atoms with van der Waals surface area (Å²) >= 11 is 0. The average Bonchev–Trinajstić information content (AvgIpc) is 2.72.